The summed E-state index contributed by atoms with van der Waals surface area (Å²) in [6.07, 6.45) is 3.43. The third-order valence-corrected chi connectivity index (χ3v) is 5.08. The van der Waals surface area contributed by atoms with Crippen LogP contribution in [0.2, 0.25) is 0 Å². The monoisotopic (exact) mass is 380 g/mol. The largest absolute Gasteiger partial charge is 0.418 e. The normalized spacial score (nSPS) is 22.0. The summed E-state index contributed by atoms with van der Waals surface area (Å²) in [5.41, 5.74) is 0.196. The first-order valence-corrected chi connectivity index (χ1v) is 9.29. The zero-order valence-electron chi connectivity index (χ0n) is 14.9. The van der Waals surface area contributed by atoms with Gasteiger partial charge in [-0.1, -0.05) is 23.8 Å². The highest BCUT2D eigenvalue weighted by Crippen LogP contribution is 2.41. The second-order valence-electron chi connectivity index (χ2n) is 7.13. The lowest BCUT2D eigenvalue weighted by Gasteiger charge is -2.14. The van der Waals surface area contributed by atoms with Crippen molar-refractivity contribution in [3.63, 3.8) is 0 Å². The molecule has 3 rings (SSSR count). The molecule has 2 unspecified atom stereocenters. The molecule has 2 amide bonds. The number of para-hydroxylation sites is 1. The van der Waals surface area contributed by atoms with Crippen molar-refractivity contribution in [2.24, 2.45) is 11.8 Å². The van der Waals surface area contributed by atoms with Gasteiger partial charge in [0.25, 0.3) is 0 Å². The number of nitrogens with one attached hydrogen (secondary N) is 2. The van der Waals surface area contributed by atoms with Crippen LogP contribution in [-0.2, 0) is 15.8 Å². The van der Waals surface area contributed by atoms with Gasteiger partial charge in [0.15, 0.2) is 0 Å². The second-order valence-corrected chi connectivity index (χ2v) is 7.13. The van der Waals surface area contributed by atoms with E-state index in [1.54, 1.807) is 0 Å². The number of rotatable bonds is 6. The predicted molar refractivity (Wildman–Crippen MR) is 95.8 cm³/mol. The van der Waals surface area contributed by atoms with Gasteiger partial charge in [0.05, 0.1) is 23.1 Å². The molecule has 146 valence electrons. The number of carbonyl (C=O) groups excluding carboxylic acids is 2. The van der Waals surface area contributed by atoms with E-state index in [9.17, 15) is 22.8 Å². The van der Waals surface area contributed by atoms with Crippen LogP contribution in [0.1, 0.15) is 44.1 Å². The number of carbonyl (C=O) groups is 2. The molecule has 0 aliphatic heterocycles. The Balaban J connectivity index is 1.48. The van der Waals surface area contributed by atoms with E-state index in [0.717, 1.165) is 25.3 Å². The molecule has 0 radical (unpaired) electrons. The van der Waals surface area contributed by atoms with E-state index in [-0.39, 0.29) is 11.6 Å². The Kier molecular flexibility index (Phi) is 5.87. The molecule has 7 heteroatoms. The third-order valence-electron chi connectivity index (χ3n) is 5.08. The van der Waals surface area contributed by atoms with Crippen molar-refractivity contribution in [2.75, 3.05) is 11.9 Å². The van der Waals surface area contributed by atoms with E-state index in [2.05, 4.69) is 16.7 Å². The van der Waals surface area contributed by atoms with E-state index in [0.29, 0.717) is 13.0 Å². The smallest absolute Gasteiger partial charge is 0.356 e. The van der Waals surface area contributed by atoms with Gasteiger partial charge in [-0.3, -0.25) is 9.59 Å². The van der Waals surface area contributed by atoms with Crippen LogP contribution in [0, 0.1) is 11.8 Å². The molecule has 1 fully saturated rings. The van der Waals surface area contributed by atoms with Gasteiger partial charge in [0.2, 0.25) is 11.8 Å². The fraction of sp³-hybridized carbons (Fsp3) is 0.500. The Morgan fingerprint density at radius 1 is 1.07 bits per heavy atom. The maximum Gasteiger partial charge on any atom is 0.418 e. The molecule has 0 aromatic heterocycles. The third kappa shape index (κ3) is 5.11. The lowest BCUT2D eigenvalue weighted by molar-refractivity contribution is -0.137. The summed E-state index contributed by atoms with van der Waals surface area (Å²) in [5.74, 6) is -1.76. The number of hydrogen-bond acceptors (Lipinski definition) is 2. The molecule has 0 spiro atoms. The van der Waals surface area contributed by atoms with Gasteiger partial charge in [-0.25, -0.2) is 0 Å². The van der Waals surface area contributed by atoms with E-state index < -0.39 is 29.5 Å². The molecule has 1 aromatic carbocycles. The maximum absolute atomic E-state index is 13.0. The van der Waals surface area contributed by atoms with Crippen molar-refractivity contribution in [1.29, 1.82) is 0 Å². The van der Waals surface area contributed by atoms with Crippen LogP contribution in [0.4, 0.5) is 18.9 Å². The quantitative estimate of drug-likeness (QED) is 0.724. The van der Waals surface area contributed by atoms with Gasteiger partial charge in [-0.05, 0) is 50.7 Å². The van der Waals surface area contributed by atoms with Crippen molar-refractivity contribution in [2.45, 2.75) is 44.7 Å². The van der Waals surface area contributed by atoms with Gasteiger partial charge in [0.1, 0.15) is 0 Å². The molecule has 2 aliphatic rings. The minimum Gasteiger partial charge on any atom is -0.356 e. The number of alkyl halides is 3. The summed E-state index contributed by atoms with van der Waals surface area (Å²) in [4.78, 5) is 24.4. The van der Waals surface area contributed by atoms with Gasteiger partial charge < -0.3 is 10.6 Å². The summed E-state index contributed by atoms with van der Waals surface area (Å²) in [6.45, 7) is 0.534. The van der Waals surface area contributed by atoms with Crippen molar-refractivity contribution in [3.8, 4) is 0 Å². The van der Waals surface area contributed by atoms with Crippen LogP contribution in [-0.4, -0.2) is 18.4 Å². The average molecular weight is 380 g/mol. The molecule has 0 heterocycles. The predicted octanol–water partition coefficient (Wildman–Crippen LogP) is 4.29. The first kappa shape index (κ1) is 19.5. The molecular formula is C20H23F3N2O2. The Bertz CT molecular complexity index is 743. The van der Waals surface area contributed by atoms with E-state index >= 15 is 0 Å². The van der Waals surface area contributed by atoms with Crippen LogP contribution in [0.25, 0.3) is 0 Å². The van der Waals surface area contributed by atoms with Gasteiger partial charge in [-0.15, -0.1) is 0 Å². The molecule has 1 aromatic rings. The lowest BCUT2D eigenvalue weighted by Crippen LogP contribution is -2.28. The maximum atomic E-state index is 13.0. The van der Waals surface area contributed by atoms with Crippen molar-refractivity contribution < 1.29 is 22.8 Å². The van der Waals surface area contributed by atoms with E-state index in [4.69, 9.17) is 0 Å². The Morgan fingerprint density at radius 3 is 2.52 bits per heavy atom. The second kappa shape index (κ2) is 8.15. The molecular weight excluding hydrogens is 357 g/mol. The Morgan fingerprint density at radius 2 is 1.81 bits per heavy atom. The van der Waals surface area contributed by atoms with Crippen LogP contribution < -0.4 is 10.6 Å². The number of benzene rings is 1. The number of halogens is 3. The van der Waals surface area contributed by atoms with Gasteiger partial charge in [0, 0.05) is 6.54 Å². The molecule has 4 nitrogen and oxygen atoms in total. The fourth-order valence-corrected chi connectivity index (χ4v) is 3.45. The lowest BCUT2D eigenvalue weighted by atomic mass is 9.97. The first-order chi connectivity index (χ1) is 12.9. The number of hydrogen-bond donors (Lipinski definition) is 2. The highest BCUT2D eigenvalue weighted by molar-refractivity contribution is 6.00. The average Bonchev–Trinajstić information content (AvgIpc) is 3.43. The van der Waals surface area contributed by atoms with E-state index in [1.807, 2.05) is 0 Å². The molecule has 0 saturated heterocycles. The zero-order valence-corrected chi connectivity index (χ0v) is 14.9. The zero-order chi connectivity index (χ0) is 19.4. The molecule has 0 bridgehead atoms. The Labute approximate surface area is 156 Å². The minimum atomic E-state index is -4.54. The first-order valence-electron chi connectivity index (χ1n) is 9.29. The van der Waals surface area contributed by atoms with Crippen LogP contribution in [0.15, 0.2) is 35.9 Å². The molecule has 2 N–H and O–H groups in total. The van der Waals surface area contributed by atoms with Crippen LogP contribution in [0.5, 0.6) is 0 Å². The van der Waals surface area contributed by atoms with Crippen molar-refractivity contribution in [1.82, 2.24) is 5.32 Å². The summed E-state index contributed by atoms with van der Waals surface area (Å²) >= 11 is 0. The van der Waals surface area contributed by atoms with Crippen LogP contribution >= 0.6 is 0 Å². The fourth-order valence-electron chi connectivity index (χ4n) is 3.45. The van der Waals surface area contributed by atoms with Crippen molar-refractivity contribution in [3.05, 3.63) is 41.5 Å². The standard InChI is InChI=1S/C20H23F3N2O2/c21-20(22,23)16-8-4-5-9-17(16)25-19(27)15-12-14(15)18(26)24-11-10-13-6-2-1-3-7-13/h4-6,8-9,14-15H,1-3,7,10-12H2,(H,24,26)(H,25,27). The highest BCUT2D eigenvalue weighted by Gasteiger charge is 2.48. The molecule has 2 atom stereocenters. The summed E-state index contributed by atoms with van der Waals surface area (Å²) < 4.78 is 39.0. The number of amides is 2. The van der Waals surface area contributed by atoms with Gasteiger partial charge in [-0.2, -0.15) is 13.2 Å². The summed E-state index contributed by atoms with van der Waals surface area (Å²) in [7, 11) is 0. The summed E-state index contributed by atoms with van der Waals surface area (Å²) in [5, 5.41) is 5.16. The SMILES string of the molecule is O=C(NCCC1=CCCCC1)C1CC1C(=O)Nc1ccccc1C(F)(F)F. The molecule has 1 saturated carbocycles. The number of allylic oxidation sites excluding steroid dienone is 1. The number of anilines is 1. The molecule has 2 aliphatic carbocycles. The van der Waals surface area contributed by atoms with Crippen molar-refractivity contribution >= 4 is 17.5 Å². The minimum absolute atomic E-state index is 0.198. The van der Waals surface area contributed by atoms with Gasteiger partial charge >= 0.3 is 6.18 Å². The topological polar surface area (TPSA) is 58.2 Å². The Hall–Kier alpha value is -2.31. The van der Waals surface area contributed by atoms with E-state index in [1.165, 1.54) is 36.6 Å². The highest BCUT2D eigenvalue weighted by atomic mass is 19.4. The summed E-state index contributed by atoms with van der Waals surface area (Å²) in [6, 6.07) is 4.85. The molecule has 27 heavy (non-hydrogen) atoms. The van der Waals surface area contributed by atoms with Crippen LogP contribution in [0.3, 0.4) is 0 Å².